The Kier molecular flexibility index (Phi) is 5.17. The lowest BCUT2D eigenvalue weighted by atomic mass is 10.1. The molecule has 0 aliphatic carbocycles. The normalized spacial score (nSPS) is 11.7. The first kappa shape index (κ1) is 14.0. The number of hydrogen-bond acceptors (Lipinski definition) is 2. The number of aliphatic carboxylic acids is 1. The molecule has 0 unspecified atom stereocenters. The summed E-state index contributed by atoms with van der Waals surface area (Å²) in [4.78, 5) is 22.3. The Morgan fingerprint density at radius 2 is 1.83 bits per heavy atom. The van der Waals surface area contributed by atoms with Crippen LogP contribution in [-0.2, 0) is 11.2 Å². The molecular formula is C13H18N2O3. The monoisotopic (exact) mass is 250 g/mol. The molecule has 0 saturated heterocycles. The zero-order valence-corrected chi connectivity index (χ0v) is 10.6. The van der Waals surface area contributed by atoms with Gasteiger partial charge >= 0.3 is 12.0 Å². The van der Waals surface area contributed by atoms with Crippen LogP contribution >= 0.6 is 0 Å². The van der Waals surface area contributed by atoms with Gasteiger partial charge in [0.2, 0.25) is 0 Å². The number of rotatable bonds is 5. The summed E-state index contributed by atoms with van der Waals surface area (Å²) in [5.41, 5.74) is 1.82. The van der Waals surface area contributed by atoms with Crippen molar-refractivity contribution in [2.75, 3.05) is 5.32 Å². The number of nitrogens with one attached hydrogen (secondary N) is 2. The minimum Gasteiger partial charge on any atom is -0.480 e. The molecule has 18 heavy (non-hydrogen) atoms. The van der Waals surface area contributed by atoms with Crippen molar-refractivity contribution in [2.24, 2.45) is 0 Å². The topological polar surface area (TPSA) is 78.4 Å². The number of benzene rings is 1. The molecule has 1 aromatic carbocycles. The minimum absolute atomic E-state index is 0.345. The van der Waals surface area contributed by atoms with Crippen LogP contribution in [0.25, 0.3) is 0 Å². The van der Waals surface area contributed by atoms with E-state index in [0.717, 1.165) is 6.42 Å². The third-order valence-corrected chi connectivity index (χ3v) is 2.63. The molecule has 1 rings (SSSR count). The van der Waals surface area contributed by atoms with Crippen molar-refractivity contribution < 1.29 is 14.7 Å². The molecule has 2 amide bonds. The van der Waals surface area contributed by atoms with Crippen molar-refractivity contribution >= 4 is 17.7 Å². The molecule has 1 atom stereocenters. The van der Waals surface area contributed by atoms with Gasteiger partial charge in [0, 0.05) is 5.69 Å². The second-order valence-corrected chi connectivity index (χ2v) is 3.95. The van der Waals surface area contributed by atoms with Gasteiger partial charge in [-0.2, -0.15) is 0 Å². The number of amides is 2. The molecule has 3 N–H and O–H groups in total. The first-order valence-corrected chi connectivity index (χ1v) is 5.96. The van der Waals surface area contributed by atoms with E-state index in [1.807, 2.05) is 19.1 Å². The quantitative estimate of drug-likeness (QED) is 0.749. The van der Waals surface area contributed by atoms with E-state index in [0.29, 0.717) is 12.1 Å². The van der Waals surface area contributed by atoms with Gasteiger partial charge in [-0.3, -0.25) is 0 Å². The summed E-state index contributed by atoms with van der Waals surface area (Å²) in [6.07, 6.45) is 1.28. The number of hydrogen-bond donors (Lipinski definition) is 3. The molecule has 5 nitrogen and oxygen atoms in total. The lowest BCUT2D eigenvalue weighted by Gasteiger charge is -2.13. The summed E-state index contributed by atoms with van der Waals surface area (Å²) in [5, 5.41) is 13.8. The number of aryl methyl sites for hydroxylation is 1. The van der Waals surface area contributed by atoms with Crippen LogP contribution < -0.4 is 10.6 Å². The second-order valence-electron chi connectivity index (χ2n) is 3.95. The molecule has 0 radical (unpaired) electrons. The predicted octanol–water partition coefficient (Wildman–Crippen LogP) is 2.23. The van der Waals surface area contributed by atoms with Gasteiger partial charge in [-0.25, -0.2) is 9.59 Å². The average Bonchev–Trinajstić information content (AvgIpc) is 2.36. The SMILES string of the molecule is CCc1ccc(NC(=O)N[C@@H](CC)C(=O)O)cc1. The van der Waals surface area contributed by atoms with Crippen LogP contribution in [0.1, 0.15) is 25.8 Å². The highest BCUT2D eigenvalue weighted by atomic mass is 16.4. The van der Waals surface area contributed by atoms with Gasteiger partial charge in [-0.1, -0.05) is 26.0 Å². The standard InChI is InChI=1S/C13H18N2O3/c1-3-9-5-7-10(8-6-9)14-13(18)15-11(4-2)12(16)17/h5-8,11H,3-4H2,1-2H3,(H,16,17)(H2,14,15,18)/t11-/m0/s1. The van der Waals surface area contributed by atoms with Crippen molar-refractivity contribution in [2.45, 2.75) is 32.7 Å². The Morgan fingerprint density at radius 3 is 2.28 bits per heavy atom. The van der Waals surface area contributed by atoms with Crippen molar-refractivity contribution in [3.05, 3.63) is 29.8 Å². The van der Waals surface area contributed by atoms with Crippen LogP contribution in [-0.4, -0.2) is 23.1 Å². The Labute approximate surface area is 106 Å². The number of carboxylic acid groups (broad SMARTS) is 1. The molecule has 0 aliphatic rings. The second kappa shape index (κ2) is 6.64. The van der Waals surface area contributed by atoms with E-state index in [1.165, 1.54) is 5.56 Å². The fourth-order valence-corrected chi connectivity index (χ4v) is 1.49. The van der Waals surface area contributed by atoms with Gasteiger partial charge in [0.25, 0.3) is 0 Å². The Morgan fingerprint density at radius 1 is 1.22 bits per heavy atom. The summed E-state index contributed by atoms with van der Waals surface area (Å²) < 4.78 is 0. The van der Waals surface area contributed by atoms with Crippen LogP contribution in [0.4, 0.5) is 10.5 Å². The summed E-state index contributed by atoms with van der Waals surface area (Å²) in [7, 11) is 0. The number of carbonyl (C=O) groups is 2. The minimum atomic E-state index is -1.03. The molecule has 5 heteroatoms. The van der Waals surface area contributed by atoms with Gasteiger partial charge < -0.3 is 15.7 Å². The first-order valence-electron chi connectivity index (χ1n) is 5.96. The van der Waals surface area contributed by atoms with Gasteiger partial charge in [0.15, 0.2) is 0 Å². The molecule has 0 heterocycles. The summed E-state index contributed by atoms with van der Waals surface area (Å²) in [5.74, 6) is -1.03. The maximum atomic E-state index is 11.6. The van der Waals surface area contributed by atoms with Crippen molar-refractivity contribution in [1.29, 1.82) is 0 Å². The van der Waals surface area contributed by atoms with E-state index in [-0.39, 0.29) is 0 Å². The third-order valence-electron chi connectivity index (χ3n) is 2.63. The van der Waals surface area contributed by atoms with Crippen LogP contribution in [0.2, 0.25) is 0 Å². The highest BCUT2D eigenvalue weighted by molar-refractivity contribution is 5.92. The van der Waals surface area contributed by atoms with Crippen LogP contribution in [0.15, 0.2) is 24.3 Å². The average molecular weight is 250 g/mol. The van der Waals surface area contributed by atoms with E-state index in [2.05, 4.69) is 10.6 Å². The van der Waals surface area contributed by atoms with Gasteiger partial charge in [0.05, 0.1) is 0 Å². The largest absolute Gasteiger partial charge is 0.480 e. The maximum Gasteiger partial charge on any atom is 0.326 e. The lowest BCUT2D eigenvalue weighted by molar-refractivity contribution is -0.139. The van der Waals surface area contributed by atoms with Crippen molar-refractivity contribution in [3.63, 3.8) is 0 Å². The lowest BCUT2D eigenvalue weighted by Crippen LogP contribution is -2.42. The smallest absolute Gasteiger partial charge is 0.326 e. The molecular weight excluding hydrogens is 232 g/mol. The van der Waals surface area contributed by atoms with E-state index in [1.54, 1.807) is 19.1 Å². The fraction of sp³-hybridized carbons (Fsp3) is 0.385. The molecule has 0 bridgehead atoms. The highest BCUT2D eigenvalue weighted by Gasteiger charge is 2.17. The third kappa shape index (κ3) is 4.08. The van der Waals surface area contributed by atoms with E-state index < -0.39 is 18.0 Å². The molecule has 0 spiro atoms. The number of anilines is 1. The van der Waals surface area contributed by atoms with E-state index in [4.69, 9.17) is 5.11 Å². The number of carbonyl (C=O) groups excluding carboxylic acids is 1. The molecule has 0 saturated carbocycles. The Bertz CT molecular complexity index is 415. The van der Waals surface area contributed by atoms with E-state index >= 15 is 0 Å². The summed E-state index contributed by atoms with van der Waals surface area (Å²) in [6, 6.07) is 6.06. The first-order chi connectivity index (χ1) is 8.56. The van der Waals surface area contributed by atoms with Gasteiger partial charge in [-0.05, 0) is 30.5 Å². The fourth-order valence-electron chi connectivity index (χ4n) is 1.49. The molecule has 0 aromatic heterocycles. The Hall–Kier alpha value is -2.04. The van der Waals surface area contributed by atoms with Gasteiger partial charge in [-0.15, -0.1) is 0 Å². The molecule has 1 aromatic rings. The van der Waals surface area contributed by atoms with Crippen molar-refractivity contribution in [1.82, 2.24) is 5.32 Å². The molecule has 98 valence electrons. The number of urea groups is 1. The predicted molar refractivity (Wildman–Crippen MR) is 69.7 cm³/mol. The van der Waals surface area contributed by atoms with Crippen LogP contribution in [0, 0.1) is 0 Å². The van der Waals surface area contributed by atoms with Crippen LogP contribution in [0.5, 0.6) is 0 Å². The maximum absolute atomic E-state index is 11.6. The summed E-state index contributed by atoms with van der Waals surface area (Å²) in [6.45, 7) is 3.75. The summed E-state index contributed by atoms with van der Waals surface area (Å²) >= 11 is 0. The van der Waals surface area contributed by atoms with Crippen LogP contribution in [0.3, 0.4) is 0 Å². The Balaban J connectivity index is 2.55. The van der Waals surface area contributed by atoms with E-state index in [9.17, 15) is 9.59 Å². The molecule has 0 fully saturated rings. The zero-order chi connectivity index (χ0) is 13.5. The zero-order valence-electron chi connectivity index (χ0n) is 10.6. The molecule has 0 aliphatic heterocycles. The highest BCUT2D eigenvalue weighted by Crippen LogP contribution is 2.09. The van der Waals surface area contributed by atoms with Gasteiger partial charge in [0.1, 0.15) is 6.04 Å². The number of carboxylic acids is 1. The van der Waals surface area contributed by atoms with Crippen molar-refractivity contribution in [3.8, 4) is 0 Å².